The molecule has 0 bridgehead atoms. The minimum atomic E-state index is 0.645. The lowest BCUT2D eigenvalue weighted by molar-refractivity contribution is -0.0645. The van der Waals surface area contributed by atoms with E-state index >= 15 is 0 Å². The van der Waals surface area contributed by atoms with Crippen LogP contribution in [0.5, 0.6) is 0 Å². The molecule has 1 saturated heterocycles. The van der Waals surface area contributed by atoms with Gasteiger partial charge >= 0.3 is 0 Å². The molecular weight excluding hydrogens is 206 g/mol. The highest BCUT2D eigenvalue weighted by atomic mass is 15.2. The lowest BCUT2D eigenvalue weighted by Gasteiger charge is -2.56. The second kappa shape index (κ2) is 4.13. The Bertz CT molecular complexity index is 378. The van der Waals surface area contributed by atoms with Crippen LogP contribution in [0, 0.1) is 5.41 Å². The molecule has 1 nitrogen and oxygen atoms in total. The van der Waals surface area contributed by atoms with Gasteiger partial charge in [0.2, 0.25) is 0 Å². The molecule has 0 unspecified atom stereocenters. The first-order valence-corrected chi connectivity index (χ1v) is 6.98. The van der Waals surface area contributed by atoms with Crippen LogP contribution in [-0.2, 0) is 6.54 Å². The zero-order valence-electron chi connectivity index (χ0n) is 11.1. The Morgan fingerprint density at radius 3 is 2.24 bits per heavy atom. The van der Waals surface area contributed by atoms with E-state index in [1.807, 2.05) is 0 Å². The summed E-state index contributed by atoms with van der Waals surface area (Å²) in [5, 5.41) is 0. The Labute approximate surface area is 105 Å². The molecule has 17 heavy (non-hydrogen) atoms. The Balaban J connectivity index is 1.55. The fraction of sp³-hybridized carbons (Fsp3) is 0.625. The summed E-state index contributed by atoms with van der Waals surface area (Å²) in [5.74, 6) is 0.645. The van der Waals surface area contributed by atoms with Gasteiger partial charge in [-0.1, -0.05) is 44.5 Å². The van der Waals surface area contributed by atoms with Crippen molar-refractivity contribution in [1.82, 2.24) is 4.90 Å². The van der Waals surface area contributed by atoms with Gasteiger partial charge in [0.15, 0.2) is 0 Å². The third-order valence-corrected chi connectivity index (χ3v) is 4.58. The average Bonchev–Trinajstić information content (AvgIpc) is 2.20. The zero-order valence-corrected chi connectivity index (χ0v) is 11.1. The molecule has 2 aliphatic rings. The standard InChI is InChI=1S/C16H23N/c1-13(2)15-6-4-14(5-7-15)10-17-11-16(12-17)8-3-9-16/h4-7,13H,3,8-12H2,1-2H3. The molecule has 1 spiro atoms. The van der Waals surface area contributed by atoms with E-state index in [0.717, 1.165) is 12.0 Å². The Hall–Kier alpha value is -0.820. The fourth-order valence-corrected chi connectivity index (χ4v) is 3.27. The lowest BCUT2D eigenvalue weighted by Crippen LogP contribution is -2.58. The Morgan fingerprint density at radius 1 is 1.12 bits per heavy atom. The summed E-state index contributed by atoms with van der Waals surface area (Å²) < 4.78 is 0. The van der Waals surface area contributed by atoms with Gasteiger partial charge in [0.25, 0.3) is 0 Å². The topological polar surface area (TPSA) is 3.24 Å². The molecule has 3 rings (SSSR count). The van der Waals surface area contributed by atoms with Crippen LogP contribution in [-0.4, -0.2) is 18.0 Å². The van der Waals surface area contributed by atoms with Gasteiger partial charge in [-0.15, -0.1) is 0 Å². The first-order valence-electron chi connectivity index (χ1n) is 6.98. The van der Waals surface area contributed by atoms with Gasteiger partial charge in [-0.05, 0) is 35.3 Å². The maximum absolute atomic E-state index is 2.60. The molecule has 0 amide bonds. The Morgan fingerprint density at radius 2 is 1.76 bits per heavy atom. The quantitative estimate of drug-likeness (QED) is 0.762. The van der Waals surface area contributed by atoms with Crippen molar-refractivity contribution < 1.29 is 0 Å². The molecule has 0 N–H and O–H groups in total. The summed E-state index contributed by atoms with van der Waals surface area (Å²) in [7, 11) is 0. The summed E-state index contributed by atoms with van der Waals surface area (Å²) in [6.45, 7) is 8.35. The smallest absolute Gasteiger partial charge is 0.0234 e. The number of rotatable bonds is 3. The first kappa shape index (κ1) is 11.3. The number of nitrogens with zero attached hydrogens (tertiary/aromatic N) is 1. The van der Waals surface area contributed by atoms with E-state index < -0.39 is 0 Å². The molecule has 92 valence electrons. The van der Waals surface area contributed by atoms with Gasteiger partial charge < -0.3 is 0 Å². The predicted molar refractivity (Wildman–Crippen MR) is 72.1 cm³/mol. The van der Waals surface area contributed by atoms with Crippen molar-refractivity contribution in [3.8, 4) is 0 Å². The van der Waals surface area contributed by atoms with Crippen LogP contribution in [0.4, 0.5) is 0 Å². The van der Waals surface area contributed by atoms with E-state index in [0.29, 0.717) is 5.92 Å². The average molecular weight is 229 g/mol. The van der Waals surface area contributed by atoms with E-state index in [1.54, 1.807) is 0 Å². The summed E-state index contributed by atoms with van der Waals surface area (Å²) >= 11 is 0. The third-order valence-electron chi connectivity index (χ3n) is 4.58. The van der Waals surface area contributed by atoms with Gasteiger partial charge in [0.1, 0.15) is 0 Å². The summed E-state index contributed by atoms with van der Waals surface area (Å²) in [6, 6.07) is 9.19. The van der Waals surface area contributed by atoms with Crippen molar-refractivity contribution in [3.05, 3.63) is 35.4 Å². The SMILES string of the molecule is CC(C)c1ccc(CN2CC3(CCC3)C2)cc1. The van der Waals surface area contributed by atoms with E-state index in [4.69, 9.17) is 0 Å². The summed E-state index contributed by atoms with van der Waals surface area (Å²) in [6.07, 6.45) is 4.43. The number of hydrogen-bond donors (Lipinski definition) is 0. The van der Waals surface area contributed by atoms with Gasteiger partial charge in [-0.3, -0.25) is 4.90 Å². The maximum Gasteiger partial charge on any atom is 0.0234 e. The molecule has 1 aromatic carbocycles. The summed E-state index contributed by atoms with van der Waals surface area (Å²) in [4.78, 5) is 2.60. The predicted octanol–water partition coefficient (Wildman–Crippen LogP) is 3.80. The number of likely N-dealkylation sites (tertiary alicyclic amines) is 1. The first-order chi connectivity index (χ1) is 8.17. The molecule has 0 radical (unpaired) electrons. The van der Waals surface area contributed by atoms with Crippen molar-refractivity contribution >= 4 is 0 Å². The highest BCUT2D eigenvalue weighted by molar-refractivity contribution is 5.25. The normalized spacial score (nSPS) is 22.5. The highest BCUT2D eigenvalue weighted by Gasteiger charge is 2.46. The molecular formula is C16H23N. The molecule has 1 heterocycles. The summed E-state index contributed by atoms with van der Waals surface area (Å²) in [5.41, 5.74) is 3.69. The van der Waals surface area contributed by atoms with Crippen LogP contribution in [0.15, 0.2) is 24.3 Å². The van der Waals surface area contributed by atoms with Gasteiger partial charge in [-0.25, -0.2) is 0 Å². The monoisotopic (exact) mass is 229 g/mol. The lowest BCUT2D eigenvalue weighted by atomic mass is 9.63. The molecule has 1 aromatic rings. The van der Waals surface area contributed by atoms with E-state index in [2.05, 4.69) is 43.0 Å². The minimum absolute atomic E-state index is 0.645. The van der Waals surface area contributed by atoms with Crippen LogP contribution < -0.4 is 0 Å². The van der Waals surface area contributed by atoms with Gasteiger partial charge in [0.05, 0.1) is 0 Å². The van der Waals surface area contributed by atoms with Crippen molar-refractivity contribution in [3.63, 3.8) is 0 Å². The largest absolute Gasteiger partial charge is 0.298 e. The van der Waals surface area contributed by atoms with Crippen LogP contribution in [0.3, 0.4) is 0 Å². The van der Waals surface area contributed by atoms with Crippen LogP contribution in [0.2, 0.25) is 0 Å². The second-order valence-corrected chi connectivity index (χ2v) is 6.39. The van der Waals surface area contributed by atoms with Crippen LogP contribution in [0.25, 0.3) is 0 Å². The molecule has 2 fully saturated rings. The molecule has 1 saturated carbocycles. The second-order valence-electron chi connectivity index (χ2n) is 6.39. The van der Waals surface area contributed by atoms with Gasteiger partial charge in [0, 0.05) is 19.6 Å². The molecule has 1 aliphatic heterocycles. The zero-order chi connectivity index (χ0) is 11.9. The van der Waals surface area contributed by atoms with E-state index in [1.165, 1.54) is 43.5 Å². The van der Waals surface area contributed by atoms with Crippen molar-refractivity contribution in [2.45, 2.75) is 45.6 Å². The molecule has 0 aromatic heterocycles. The molecule has 0 atom stereocenters. The molecule has 1 aliphatic carbocycles. The number of hydrogen-bond acceptors (Lipinski definition) is 1. The van der Waals surface area contributed by atoms with E-state index in [-0.39, 0.29) is 0 Å². The molecule has 1 heteroatoms. The van der Waals surface area contributed by atoms with Crippen LogP contribution >= 0.6 is 0 Å². The fourth-order valence-electron chi connectivity index (χ4n) is 3.27. The van der Waals surface area contributed by atoms with Crippen LogP contribution in [0.1, 0.15) is 50.2 Å². The Kier molecular flexibility index (Phi) is 2.74. The van der Waals surface area contributed by atoms with E-state index in [9.17, 15) is 0 Å². The highest BCUT2D eigenvalue weighted by Crippen LogP contribution is 2.48. The van der Waals surface area contributed by atoms with Crippen molar-refractivity contribution in [2.24, 2.45) is 5.41 Å². The van der Waals surface area contributed by atoms with Crippen molar-refractivity contribution in [2.75, 3.05) is 13.1 Å². The number of benzene rings is 1. The third kappa shape index (κ3) is 2.13. The van der Waals surface area contributed by atoms with Crippen molar-refractivity contribution in [1.29, 1.82) is 0 Å². The van der Waals surface area contributed by atoms with Gasteiger partial charge in [-0.2, -0.15) is 0 Å². The maximum atomic E-state index is 2.60. The minimum Gasteiger partial charge on any atom is -0.298 e.